The maximum Gasteiger partial charge on any atom is 0.335 e. The van der Waals surface area contributed by atoms with Crippen LogP contribution >= 0.6 is 11.8 Å². The van der Waals surface area contributed by atoms with Crippen molar-refractivity contribution in [3.05, 3.63) is 35.4 Å². The molecule has 1 aliphatic heterocycles. The highest BCUT2D eigenvalue weighted by Crippen LogP contribution is 2.44. The number of methoxy groups -OCH3 is 1. The van der Waals surface area contributed by atoms with Gasteiger partial charge in [0.05, 0.1) is 24.3 Å². The van der Waals surface area contributed by atoms with Gasteiger partial charge in [0.25, 0.3) is 0 Å². The van der Waals surface area contributed by atoms with Crippen LogP contribution in [0.15, 0.2) is 24.3 Å². The number of aromatic carboxylic acids is 1. The predicted octanol–water partition coefficient (Wildman–Crippen LogP) is 2.79. The quantitative estimate of drug-likeness (QED) is 0.719. The number of benzene rings is 1. The summed E-state index contributed by atoms with van der Waals surface area (Å²) in [4.78, 5) is 34.5. The standard InChI is InChI=1S/C18H22O7S/c1-4-11(12-7-5-6-8-13(12)16(21)22)18-25-17(24-10(2)19)14(26-18)9-15(20)23-3/h5-8,11,14,17-18H,4,9H2,1-3H3,(H,21,22)/t11-,14-,17?,18?/m0/s1. The molecule has 0 radical (unpaired) electrons. The van der Waals surface area contributed by atoms with Gasteiger partial charge in [0, 0.05) is 12.8 Å². The fourth-order valence-corrected chi connectivity index (χ4v) is 4.44. The van der Waals surface area contributed by atoms with E-state index in [0.29, 0.717) is 12.0 Å². The molecule has 1 aromatic carbocycles. The molecule has 0 saturated carbocycles. The van der Waals surface area contributed by atoms with E-state index in [1.165, 1.54) is 25.8 Å². The minimum absolute atomic E-state index is 0.0344. The lowest BCUT2D eigenvalue weighted by Gasteiger charge is -2.23. The molecule has 7 nitrogen and oxygen atoms in total. The Labute approximate surface area is 156 Å². The summed E-state index contributed by atoms with van der Waals surface area (Å²) in [5.41, 5.74) is 0.420. The molecule has 142 valence electrons. The monoisotopic (exact) mass is 382 g/mol. The Morgan fingerprint density at radius 2 is 2.00 bits per heavy atom. The Morgan fingerprint density at radius 3 is 2.58 bits per heavy atom. The second-order valence-corrected chi connectivity index (χ2v) is 7.19. The second kappa shape index (κ2) is 9.05. The fourth-order valence-electron chi connectivity index (χ4n) is 2.91. The second-order valence-electron chi connectivity index (χ2n) is 5.84. The number of rotatable bonds is 7. The van der Waals surface area contributed by atoms with Gasteiger partial charge in [-0.25, -0.2) is 4.79 Å². The number of thioether (sulfide) groups is 1. The van der Waals surface area contributed by atoms with Gasteiger partial charge < -0.3 is 19.3 Å². The highest BCUT2D eigenvalue weighted by Gasteiger charge is 2.43. The van der Waals surface area contributed by atoms with Crippen molar-refractivity contribution in [1.82, 2.24) is 0 Å². The molecule has 1 aromatic rings. The molecule has 0 spiro atoms. The molecule has 0 aromatic heterocycles. The maximum atomic E-state index is 11.6. The number of esters is 2. The zero-order chi connectivity index (χ0) is 19.3. The smallest absolute Gasteiger partial charge is 0.335 e. The molecule has 8 heteroatoms. The van der Waals surface area contributed by atoms with E-state index in [2.05, 4.69) is 0 Å². The molecule has 0 aliphatic carbocycles. The highest BCUT2D eigenvalue weighted by atomic mass is 32.2. The average molecular weight is 382 g/mol. The number of carbonyl (C=O) groups is 3. The normalized spacial score (nSPS) is 23.3. The summed E-state index contributed by atoms with van der Waals surface area (Å²) in [5.74, 6) is -2.18. The van der Waals surface area contributed by atoms with Crippen molar-refractivity contribution in [2.75, 3.05) is 7.11 Å². The summed E-state index contributed by atoms with van der Waals surface area (Å²) >= 11 is 1.36. The van der Waals surface area contributed by atoms with Crippen LogP contribution in [0, 0.1) is 0 Å². The molecule has 1 saturated heterocycles. The van der Waals surface area contributed by atoms with Crippen LogP contribution in [0.2, 0.25) is 0 Å². The number of ether oxygens (including phenoxy) is 3. The van der Waals surface area contributed by atoms with Crippen LogP contribution in [0.5, 0.6) is 0 Å². The van der Waals surface area contributed by atoms with Gasteiger partial charge >= 0.3 is 17.9 Å². The minimum Gasteiger partial charge on any atom is -0.478 e. The molecule has 1 fully saturated rings. The van der Waals surface area contributed by atoms with Crippen molar-refractivity contribution in [2.45, 2.75) is 49.6 Å². The molecule has 0 amide bonds. The highest BCUT2D eigenvalue weighted by molar-refractivity contribution is 8.00. The van der Waals surface area contributed by atoms with E-state index in [0.717, 1.165) is 0 Å². The topological polar surface area (TPSA) is 99.1 Å². The van der Waals surface area contributed by atoms with Gasteiger partial charge in [-0.1, -0.05) is 25.1 Å². The van der Waals surface area contributed by atoms with E-state index < -0.39 is 34.9 Å². The van der Waals surface area contributed by atoms with Crippen molar-refractivity contribution >= 4 is 29.7 Å². The van der Waals surface area contributed by atoms with Crippen molar-refractivity contribution in [3.63, 3.8) is 0 Å². The molecule has 1 aliphatic rings. The van der Waals surface area contributed by atoms with Gasteiger partial charge in [-0.05, 0) is 18.1 Å². The van der Waals surface area contributed by atoms with Crippen LogP contribution < -0.4 is 0 Å². The Bertz CT molecular complexity index is 675. The van der Waals surface area contributed by atoms with E-state index in [1.54, 1.807) is 24.3 Å². The summed E-state index contributed by atoms with van der Waals surface area (Å²) in [6.45, 7) is 3.20. The summed E-state index contributed by atoms with van der Waals surface area (Å²) < 4.78 is 15.8. The summed E-state index contributed by atoms with van der Waals surface area (Å²) in [6.07, 6.45) is -0.223. The van der Waals surface area contributed by atoms with Gasteiger partial charge in [0.2, 0.25) is 6.29 Å². The first kappa shape index (κ1) is 20.3. The number of carbonyl (C=O) groups excluding carboxylic acids is 2. The molecule has 2 unspecified atom stereocenters. The zero-order valence-corrected chi connectivity index (χ0v) is 15.7. The van der Waals surface area contributed by atoms with Crippen molar-refractivity contribution in [1.29, 1.82) is 0 Å². The Morgan fingerprint density at radius 1 is 1.31 bits per heavy atom. The van der Waals surface area contributed by atoms with Gasteiger partial charge in [-0.15, -0.1) is 11.8 Å². The van der Waals surface area contributed by atoms with Crippen LogP contribution in [0.1, 0.15) is 48.5 Å². The van der Waals surface area contributed by atoms with Gasteiger partial charge in [0.1, 0.15) is 5.44 Å². The van der Waals surface area contributed by atoms with Crippen molar-refractivity contribution in [2.24, 2.45) is 0 Å². The Balaban J connectivity index is 2.26. The SMILES string of the molecule is CC[C@@H](c1ccccc1C(=O)O)C1OC(OC(C)=O)[C@H](CC(=O)OC)S1. The first-order chi connectivity index (χ1) is 12.4. The third-order valence-electron chi connectivity index (χ3n) is 4.12. The Kier molecular flexibility index (Phi) is 7.05. The summed E-state index contributed by atoms with van der Waals surface area (Å²) in [7, 11) is 1.29. The first-order valence-electron chi connectivity index (χ1n) is 8.24. The van der Waals surface area contributed by atoms with Crippen LogP contribution in [0.3, 0.4) is 0 Å². The largest absolute Gasteiger partial charge is 0.478 e. The number of carboxylic acid groups (broad SMARTS) is 1. The average Bonchev–Trinajstić information content (AvgIpc) is 2.97. The van der Waals surface area contributed by atoms with Crippen LogP contribution in [0.25, 0.3) is 0 Å². The van der Waals surface area contributed by atoms with Gasteiger partial charge in [0.15, 0.2) is 0 Å². The first-order valence-corrected chi connectivity index (χ1v) is 9.18. The van der Waals surface area contributed by atoms with Crippen molar-refractivity contribution < 1.29 is 33.7 Å². The van der Waals surface area contributed by atoms with E-state index in [1.807, 2.05) is 6.92 Å². The van der Waals surface area contributed by atoms with E-state index >= 15 is 0 Å². The molecule has 1 heterocycles. The number of hydrogen-bond donors (Lipinski definition) is 1. The van der Waals surface area contributed by atoms with Crippen molar-refractivity contribution in [3.8, 4) is 0 Å². The third kappa shape index (κ3) is 4.76. The van der Waals surface area contributed by atoms with E-state index in [-0.39, 0.29) is 17.9 Å². The van der Waals surface area contributed by atoms with E-state index in [4.69, 9.17) is 14.2 Å². The zero-order valence-electron chi connectivity index (χ0n) is 14.8. The molecule has 2 rings (SSSR count). The number of hydrogen-bond acceptors (Lipinski definition) is 7. The molecular formula is C18H22O7S. The van der Waals surface area contributed by atoms with Gasteiger partial charge in [-0.3, -0.25) is 9.59 Å². The van der Waals surface area contributed by atoms with Crippen LogP contribution in [0.4, 0.5) is 0 Å². The molecule has 26 heavy (non-hydrogen) atoms. The lowest BCUT2D eigenvalue weighted by atomic mass is 9.92. The summed E-state index contributed by atoms with van der Waals surface area (Å²) in [5, 5.41) is 9.03. The molecule has 1 N–H and O–H groups in total. The lowest BCUT2D eigenvalue weighted by Crippen LogP contribution is -2.28. The van der Waals surface area contributed by atoms with Crippen LogP contribution in [-0.4, -0.2) is 47.1 Å². The van der Waals surface area contributed by atoms with E-state index in [9.17, 15) is 19.5 Å². The third-order valence-corrected chi connectivity index (χ3v) is 5.56. The lowest BCUT2D eigenvalue weighted by molar-refractivity contribution is -0.177. The fraction of sp³-hybridized carbons (Fsp3) is 0.500. The Hall–Kier alpha value is -2.06. The summed E-state index contributed by atoms with van der Waals surface area (Å²) in [6, 6.07) is 6.76. The maximum absolute atomic E-state index is 11.6. The molecular weight excluding hydrogens is 360 g/mol. The van der Waals surface area contributed by atoms with Crippen LogP contribution in [-0.2, 0) is 23.8 Å². The molecule has 0 bridgehead atoms. The predicted molar refractivity (Wildman–Crippen MR) is 94.9 cm³/mol. The molecule has 4 atom stereocenters. The minimum atomic E-state index is -1.01. The number of carboxylic acids is 1. The van der Waals surface area contributed by atoms with Gasteiger partial charge in [-0.2, -0.15) is 0 Å².